The Hall–Kier alpha value is -0.0900. The summed E-state index contributed by atoms with van der Waals surface area (Å²) < 4.78 is 25.2. The molecule has 0 spiro atoms. The molecule has 0 heterocycles. The zero-order valence-electron chi connectivity index (χ0n) is 8.79. The second-order valence-electron chi connectivity index (χ2n) is 4.59. The Bertz CT molecular complexity index is 276. The predicted molar refractivity (Wildman–Crippen MR) is 53.9 cm³/mol. The van der Waals surface area contributed by atoms with E-state index in [0.717, 1.165) is 12.8 Å². The molecule has 3 nitrogen and oxygen atoms in total. The van der Waals surface area contributed by atoms with Crippen LogP contribution in [0.4, 0.5) is 0 Å². The van der Waals surface area contributed by atoms with Crippen molar-refractivity contribution in [2.75, 3.05) is 7.05 Å². The maximum atomic E-state index is 11.4. The number of nitrogens with one attached hydrogen (secondary N) is 1. The van der Waals surface area contributed by atoms with Crippen molar-refractivity contribution >= 4 is 10.0 Å². The summed E-state index contributed by atoms with van der Waals surface area (Å²) in [6, 6.07) is 0. The minimum atomic E-state index is -3.02. The fraction of sp³-hybridized carbons (Fsp3) is 1.00. The second-order valence-corrected chi connectivity index (χ2v) is 6.75. The summed E-state index contributed by atoms with van der Waals surface area (Å²) in [7, 11) is -1.53. The maximum absolute atomic E-state index is 11.4. The molecule has 1 N–H and O–H groups in total. The standard InChI is InChI=1S/C9H19NO2S/c1-7(2)9(3)5-8(6-9)13(11,12)10-4/h7-8,10H,5-6H2,1-4H3. The highest BCUT2D eigenvalue weighted by Crippen LogP contribution is 2.49. The first-order valence-electron chi connectivity index (χ1n) is 4.74. The van der Waals surface area contributed by atoms with E-state index in [0.29, 0.717) is 5.92 Å². The van der Waals surface area contributed by atoms with Crippen LogP contribution in [-0.4, -0.2) is 20.7 Å². The van der Waals surface area contributed by atoms with Crippen molar-refractivity contribution in [1.82, 2.24) is 4.72 Å². The summed E-state index contributed by atoms with van der Waals surface area (Å²) in [4.78, 5) is 0. The van der Waals surface area contributed by atoms with Crippen molar-refractivity contribution in [1.29, 1.82) is 0 Å². The molecular weight excluding hydrogens is 186 g/mol. The Balaban J connectivity index is 2.60. The van der Waals surface area contributed by atoms with Crippen LogP contribution in [0, 0.1) is 11.3 Å². The van der Waals surface area contributed by atoms with Crippen LogP contribution in [0.1, 0.15) is 33.6 Å². The minimum Gasteiger partial charge on any atom is -0.218 e. The van der Waals surface area contributed by atoms with Crippen LogP contribution in [0.5, 0.6) is 0 Å². The molecule has 13 heavy (non-hydrogen) atoms. The summed E-state index contributed by atoms with van der Waals surface area (Å²) in [5, 5.41) is -0.162. The topological polar surface area (TPSA) is 46.2 Å². The van der Waals surface area contributed by atoms with Crippen LogP contribution in [0.15, 0.2) is 0 Å². The smallest absolute Gasteiger partial charge is 0.214 e. The van der Waals surface area contributed by atoms with Gasteiger partial charge in [0, 0.05) is 0 Å². The molecule has 1 aliphatic carbocycles. The molecule has 0 aliphatic heterocycles. The molecule has 0 bridgehead atoms. The summed E-state index contributed by atoms with van der Waals surface area (Å²) in [5.41, 5.74) is 0.231. The van der Waals surface area contributed by atoms with Gasteiger partial charge in [0.15, 0.2) is 0 Å². The Kier molecular flexibility index (Phi) is 2.74. The normalized spacial score (nSPS) is 34.7. The molecule has 0 saturated heterocycles. The Morgan fingerprint density at radius 2 is 1.85 bits per heavy atom. The molecule has 0 amide bonds. The monoisotopic (exact) mass is 205 g/mol. The van der Waals surface area contributed by atoms with E-state index in [1.807, 2.05) is 0 Å². The van der Waals surface area contributed by atoms with Crippen molar-refractivity contribution in [2.24, 2.45) is 11.3 Å². The molecule has 0 aromatic rings. The molecule has 0 unspecified atom stereocenters. The van der Waals surface area contributed by atoms with Crippen molar-refractivity contribution in [3.05, 3.63) is 0 Å². The molecule has 1 saturated carbocycles. The van der Waals surface area contributed by atoms with Crippen molar-refractivity contribution < 1.29 is 8.42 Å². The molecule has 1 rings (SSSR count). The van der Waals surface area contributed by atoms with Crippen LogP contribution in [0.3, 0.4) is 0 Å². The van der Waals surface area contributed by atoms with Gasteiger partial charge in [0.05, 0.1) is 5.25 Å². The first kappa shape index (κ1) is 11.0. The lowest BCUT2D eigenvalue weighted by atomic mass is 9.63. The first-order valence-corrected chi connectivity index (χ1v) is 6.29. The van der Waals surface area contributed by atoms with Gasteiger partial charge < -0.3 is 0 Å². The van der Waals surface area contributed by atoms with Gasteiger partial charge in [-0.2, -0.15) is 0 Å². The van der Waals surface area contributed by atoms with Crippen LogP contribution in [0.25, 0.3) is 0 Å². The Morgan fingerprint density at radius 3 is 2.15 bits per heavy atom. The van der Waals surface area contributed by atoms with Gasteiger partial charge in [-0.3, -0.25) is 0 Å². The molecule has 0 aromatic heterocycles. The highest BCUT2D eigenvalue weighted by Gasteiger charge is 2.47. The van der Waals surface area contributed by atoms with E-state index in [-0.39, 0.29) is 10.7 Å². The van der Waals surface area contributed by atoms with Gasteiger partial charge in [0.1, 0.15) is 0 Å². The van der Waals surface area contributed by atoms with E-state index in [1.165, 1.54) is 7.05 Å². The summed E-state index contributed by atoms with van der Waals surface area (Å²) in [6.07, 6.45) is 1.60. The van der Waals surface area contributed by atoms with Gasteiger partial charge in [-0.15, -0.1) is 0 Å². The van der Waals surface area contributed by atoms with E-state index < -0.39 is 10.0 Å². The lowest BCUT2D eigenvalue weighted by Gasteiger charge is -2.47. The van der Waals surface area contributed by atoms with Crippen LogP contribution in [-0.2, 0) is 10.0 Å². The van der Waals surface area contributed by atoms with E-state index in [2.05, 4.69) is 25.5 Å². The average molecular weight is 205 g/mol. The third-order valence-corrected chi connectivity index (χ3v) is 5.29. The highest BCUT2D eigenvalue weighted by molar-refractivity contribution is 7.90. The third kappa shape index (κ3) is 1.89. The third-order valence-electron chi connectivity index (χ3n) is 3.51. The predicted octanol–water partition coefficient (Wildman–Crippen LogP) is 1.36. The Morgan fingerprint density at radius 1 is 1.38 bits per heavy atom. The number of hydrogen-bond acceptors (Lipinski definition) is 2. The molecule has 78 valence electrons. The van der Waals surface area contributed by atoms with Gasteiger partial charge in [-0.05, 0) is 31.2 Å². The van der Waals surface area contributed by atoms with Crippen molar-refractivity contribution in [3.8, 4) is 0 Å². The van der Waals surface area contributed by atoms with E-state index in [1.54, 1.807) is 0 Å². The quantitative estimate of drug-likeness (QED) is 0.756. The maximum Gasteiger partial charge on any atom is 0.214 e. The largest absolute Gasteiger partial charge is 0.218 e. The van der Waals surface area contributed by atoms with Gasteiger partial charge >= 0.3 is 0 Å². The number of hydrogen-bond donors (Lipinski definition) is 1. The number of rotatable bonds is 3. The van der Waals surface area contributed by atoms with Crippen LogP contribution >= 0.6 is 0 Å². The summed E-state index contributed by atoms with van der Waals surface area (Å²) >= 11 is 0. The second kappa shape index (κ2) is 3.24. The summed E-state index contributed by atoms with van der Waals surface area (Å²) in [5.74, 6) is 0.566. The van der Waals surface area contributed by atoms with Gasteiger partial charge in [0.2, 0.25) is 10.0 Å². The van der Waals surface area contributed by atoms with Crippen molar-refractivity contribution in [2.45, 2.75) is 38.9 Å². The van der Waals surface area contributed by atoms with Crippen molar-refractivity contribution in [3.63, 3.8) is 0 Å². The van der Waals surface area contributed by atoms with E-state index in [4.69, 9.17) is 0 Å². The zero-order chi connectivity index (χ0) is 10.3. The number of sulfonamides is 1. The summed E-state index contributed by atoms with van der Waals surface area (Å²) in [6.45, 7) is 6.48. The van der Waals surface area contributed by atoms with Gasteiger partial charge in [-0.1, -0.05) is 20.8 Å². The SMILES string of the molecule is CNS(=O)(=O)C1CC(C)(C(C)C)C1. The molecule has 0 radical (unpaired) electrons. The fourth-order valence-electron chi connectivity index (χ4n) is 1.84. The van der Waals surface area contributed by atoms with Gasteiger partial charge in [-0.25, -0.2) is 13.1 Å². The molecule has 1 aliphatic rings. The highest BCUT2D eigenvalue weighted by atomic mass is 32.2. The van der Waals surface area contributed by atoms with E-state index >= 15 is 0 Å². The lowest BCUT2D eigenvalue weighted by molar-refractivity contribution is 0.0969. The molecule has 0 atom stereocenters. The van der Waals surface area contributed by atoms with E-state index in [9.17, 15) is 8.42 Å². The van der Waals surface area contributed by atoms with Gasteiger partial charge in [0.25, 0.3) is 0 Å². The fourth-order valence-corrected chi connectivity index (χ4v) is 3.37. The van der Waals surface area contributed by atoms with Crippen LogP contribution < -0.4 is 4.72 Å². The van der Waals surface area contributed by atoms with Crippen LogP contribution in [0.2, 0.25) is 0 Å². The minimum absolute atomic E-state index is 0.162. The average Bonchev–Trinajstić information content (AvgIpc) is 1.98. The molecular formula is C9H19NO2S. The Labute approximate surface area is 81.0 Å². The zero-order valence-corrected chi connectivity index (χ0v) is 9.61. The first-order chi connectivity index (χ1) is 5.82. The molecule has 4 heteroatoms. The molecule has 0 aromatic carbocycles. The lowest BCUT2D eigenvalue weighted by Crippen LogP contribution is -2.49. The molecule has 1 fully saturated rings.